The maximum absolute atomic E-state index is 12.3. The maximum Gasteiger partial charge on any atom is 0.326 e. The number of hydrogen-bond acceptors (Lipinski definition) is 3. The highest BCUT2D eigenvalue weighted by atomic mass is 16.3. The highest BCUT2D eigenvalue weighted by molar-refractivity contribution is 5.97. The first-order valence-electron chi connectivity index (χ1n) is 8.17. The van der Waals surface area contributed by atoms with Crippen LogP contribution in [0.15, 0.2) is 23.0 Å². The molecule has 23 heavy (non-hydrogen) atoms. The highest BCUT2D eigenvalue weighted by Gasteiger charge is 2.39. The molecule has 3 N–H and O–H groups in total. The minimum Gasteiger partial charge on any atom is -0.390 e. The summed E-state index contributed by atoms with van der Waals surface area (Å²) in [5.74, 6) is 0.448. The molecule has 2 aliphatic carbocycles. The SMILES string of the molecule is CC1(O)CC(NC(=O)c2ccc3c(c2)[nH]c(=O)n3CC2CC2)C1. The summed E-state index contributed by atoms with van der Waals surface area (Å²) in [5, 5.41) is 12.6. The van der Waals surface area contributed by atoms with Gasteiger partial charge in [-0.25, -0.2) is 4.79 Å². The number of carbonyl (C=O) groups is 1. The lowest BCUT2D eigenvalue weighted by atomic mass is 9.77. The number of nitrogens with zero attached hydrogens (tertiary/aromatic N) is 1. The molecule has 2 aliphatic rings. The van der Waals surface area contributed by atoms with E-state index in [-0.39, 0.29) is 17.6 Å². The van der Waals surface area contributed by atoms with E-state index < -0.39 is 5.60 Å². The number of aromatic nitrogens is 2. The third-order valence-electron chi connectivity index (χ3n) is 4.88. The van der Waals surface area contributed by atoms with Crippen molar-refractivity contribution >= 4 is 16.9 Å². The predicted molar refractivity (Wildman–Crippen MR) is 86.4 cm³/mol. The van der Waals surface area contributed by atoms with Crippen molar-refractivity contribution in [2.75, 3.05) is 0 Å². The first-order chi connectivity index (χ1) is 10.9. The van der Waals surface area contributed by atoms with Crippen LogP contribution in [0.3, 0.4) is 0 Å². The number of fused-ring (bicyclic) bond motifs is 1. The van der Waals surface area contributed by atoms with Crippen molar-refractivity contribution in [2.45, 2.75) is 50.8 Å². The largest absolute Gasteiger partial charge is 0.390 e. The second kappa shape index (κ2) is 4.96. The zero-order chi connectivity index (χ0) is 16.2. The standard InChI is InChI=1S/C17H21N3O3/c1-17(23)7-12(8-17)18-15(21)11-4-5-14-13(6-11)19-16(22)20(14)9-10-2-3-10/h4-6,10,12,23H,2-3,7-9H2,1H3,(H,18,21)(H,19,22). The summed E-state index contributed by atoms with van der Waals surface area (Å²) in [6.45, 7) is 2.52. The average molecular weight is 315 g/mol. The molecule has 2 fully saturated rings. The first kappa shape index (κ1) is 14.5. The monoisotopic (exact) mass is 315 g/mol. The van der Waals surface area contributed by atoms with Gasteiger partial charge in [0.2, 0.25) is 0 Å². The molecule has 6 nitrogen and oxygen atoms in total. The number of carbonyl (C=O) groups excluding carboxylic acids is 1. The third-order valence-corrected chi connectivity index (χ3v) is 4.88. The molecule has 122 valence electrons. The van der Waals surface area contributed by atoms with Crippen LogP contribution in [0.2, 0.25) is 0 Å². The van der Waals surface area contributed by atoms with Crippen molar-refractivity contribution < 1.29 is 9.90 Å². The Balaban J connectivity index is 1.54. The lowest BCUT2D eigenvalue weighted by Crippen LogP contribution is -2.53. The molecule has 0 aliphatic heterocycles. The Bertz CT molecular complexity index is 821. The number of rotatable bonds is 4. The van der Waals surface area contributed by atoms with Crippen LogP contribution in [-0.4, -0.2) is 32.2 Å². The minimum absolute atomic E-state index is 0.0201. The quantitative estimate of drug-likeness (QED) is 0.796. The lowest BCUT2D eigenvalue weighted by Gasteiger charge is -2.41. The first-order valence-corrected chi connectivity index (χ1v) is 8.17. The van der Waals surface area contributed by atoms with E-state index >= 15 is 0 Å². The van der Waals surface area contributed by atoms with Crippen LogP contribution in [-0.2, 0) is 6.54 Å². The molecule has 6 heteroatoms. The van der Waals surface area contributed by atoms with E-state index in [1.54, 1.807) is 23.6 Å². The number of aliphatic hydroxyl groups is 1. The van der Waals surface area contributed by atoms with Gasteiger partial charge in [-0.1, -0.05) is 0 Å². The second-order valence-corrected chi connectivity index (χ2v) is 7.29. The van der Waals surface area contributed by atoms with Gasteiger partial charge in [-0.05, 0) is 56.7 Å². The Morgan fingerprint density at radius 3 is 2.83 bits per heavy atom. The Labute approximate surface area is 133 Å². The van der Waals surface area contributed by atoms with Crippen LogP contribution in [0.1, 0.15) is 43.0 Å². The Morgan fingerprint density at radius 1 is 1.43 bits per heavy atom. The summed E-state index contributed by atoms with van der Waals surface area (Å²) in [6.07, 6.45) is 3.53. The Hall–Kier alpha value is -2.08. The molecule has 0 bridgehead atoms. The van der Waals surface area contributed by atoms with Crippen molar-refractivity contribution in [2.24, 2.45) is 5.92 Å². The van der Waals surface area contributed by atoms with Crippen LogP contribution in [0.25, 0.3) is 11.0 Å². The van der Waals surface area contributed by atoms with Crippen LogP contribution in [0, 0.1) is 5.92 Å². The van der Waals surface area contributed by atoms with E-state index in [0.717, 1.165) is 12.1 Å². The van der Waals surface area contributed by atoms with Crippen molar-refractivity contribution in [3.63, 3.8) is 0 Å². The summed E-state index contributed by atoms with van der Waals surface area (Å²) in [5.41, 5.74) is 1.31. The van der Waals surface area contributed by atoms with E-state index in [4.69, 9.17) is 0 Å². The van der Waals surface area contributed by atoms with Gasteiger partial charge < -0.3 is 15.4 Å². The number of nitrogens with one attached hydrogen (secondary N) is 2. The van der Waals surface area contributed by atoms with Crippen LogP contribution in [0.5, 0.6) is 0 Å². The van der Waals surface area contributed by atoms with Gasteiger partial charge >= 0.3 is 5.69 Å². The van der Waals surface area contributed by atoms with Gasteiger partial charge in [0, 0.05) is 18.2 Å². The van der Waals surface area contributed by atoms with E-state index in [0.29, 0.717) is 29.8 Å². The van der Waals surface area contributed by atoms with Crippen LogP contribution >= 0.6 is 0 Å². The fourth-order valence-corrected chi connectivity index (χ4v) is 3.42. The molecule has 1 heterocycles. The highest BCUT2D eigenvalue weighted by Crippen LogP contribution is 2.32. The smallest absolute Gasteiger partial charge is 0.326 e. The summed E-state index contributed by atoms with van der Waals surface area (Å²) < 4.78 is 1.76. The van der Waals surface area contributed by atoms with Crippen molar-refractivity contribution in [1.82, 2.24) is 14.9 Å². The summed E-state index contributed by atoms with van der Waals surface area (Å²) in [7, 11) is 0. The normalized spacial score (nSPS) is 27.0. The summed E-state index contributed by atoms with van der Waals surface area (Å²) in [6, 6.07) is 5.34. The predicted octanol–water partition coefficient (Wildman–Crippen LogP) is 1.38. The third kappa shape index (κ3) is 2.79. The van der Waals surface area contributed by atoms with E-state index in [9.17, 15) is 14.7 Å². The average Bonchev–Trinajstić information content (AvgIpc) is 3.21. The van der Waals surface area contributed by atoms with Crippen LogP contribution < -0.4 is 11.0 Å². The molecule has 2 saturated carbocycles. The molecule has 0 spiro atoms. The molecule has 4 rings (SSSR count). The van der Waals surface area contributed by atoms with Gasteiger partial charge in [-0.3, -0.25) is 9.36 Å². The Morgan fingerprint density at radius 2 is 2.17 bits per heavy atom. The fourth-order valence-electron chi connectivity index (χ4n) is 3.42. The van der Waals surface area contributed by atoms with Crippen molar-refractivity contribution in [1.29, 1.82) is 0 Å². The maximum atomic E-state index is 12.3. The van der Waals surface area contributed by atoms with E-state index in [2.05, 4.69) is 10.3 Å². The van der Waals surface area contributed by atoms with Gasteiger partial charge in [-0.2, -0.15) is 0 Å². The fraction of sp³-hybridized carbons (Fsp3) is 0.529. The van der Waals surface area contributed by atoms with Crippen molar-refractivity contribution in [3.8, 4) is 0 Å². The van der Waals surface area contributed by atoms with Gasteiger partial charge in [-0.15, -0.1) is 0 Å². The number of imidazole rings is 1. The molecule has 2 aromatic rings. The molecule has 1 aromatic heterocycles. The van der Waals surface area contributed by atoms with E-state index in [1.807, 2.05) is 6.07 Å². The van der Waals surface area contributed by atoms with Gasteiger partial charge in [0.25, 0.3) is 5.91 Å². The molecular weight excluding hydrogens is 294 g/mol. The zero-order valence-corrected chi connectivity index (χ0v) is 13.1. The van der Waals surface area contributed by atoms with Gasteiger partial charge in [0.1, 0.15) is 0 Å². The number of amides is 1. The Kier molecular flexibility index (Phi) is 3.13. The molecular formula is C17H21N3O3. The van der Waals surface area contributed by atoms with Crippen LogP contribution in [0.4, 0.5) is 0 Å². The number of H-pyrrole nitrogens is 1. The molecule has 0 saturated heterocycles. The second-order valence-electron chi connectivity index (χ2n) is 7.29. The molecule has 1 amide bonds. The topological polar surface area (TPSA) is 87.1 Å². The van der Waals surface area contributed by atoms with Crippen molar-refractivity contribution in [3.05, 3.63) is 34.2 Å². The molecule has 0 atom stereocenters. The number of hydrogen-bond donors (Lipinski definition) is 3. The number of aromatic amines is 1. The van der Waals surface area contributed by atoms with Gasteiger partial charge in [0.15, 0.2) is 0 Å². The zero-order valence-electron chi connectivity index (χ0n) is 13.1. The van der Waals surface area contributed by atoms with E-state index in [1.165, 1.54) is 12.8 Å². The number of benzene rings is 1. The minimum atomic E-state index is -0.660. The summed E-state index contributed by atoms with van der Waals surface area (Å²) >= 11 is 0. The molecule has 0 unspecified atom stereocenters. The molecule has 0 radical (unpaired) electrons. The van der Waals surface area contributed by atoms with Gasteiger partial charge in [0.05, 0.1) is 16.6 Å². The lowest BCUT2D eigenvalue weighted by molar-refractivity contribution is -0.0366. The molecule has 1 aromatic carbocycles. The summed E-state index contributed by atoms with van der Waals surface area (Å²) in [4.78, 5) is 27.2.